The van der Waals surface area contributed by atoms with Gasteiger partial charge in [0.05, 0.1) is 11.6 Å². The van der Waals surface area contributed by atoms with Crippen LogP contribution in [0.5, 0.6) is 11.5 Å². The van der Waals surface area contributed by atoms with Crippen molar-refractivity contribution in [3.05, 3.63) is 58.4 Å². The molecule has 0 aromatic heterocycles. The molecule has 0 fully saturated rings. The lowest BCUT2D eigenvalue weighted by molar-refractivity contribution is -0.120. The van der Waals surface area contributed by atoms with Crippen molar-refractivity contribution in [1.82, 2.24) is 10.9 Å². The lowest BCUT2D eigenvalue weighted by atomic mass is 10.1. The molecule has 0 bridgehead atoms. The number of aryl methyl sites for hydroxylation is 1. The highest BCUT2D eigenvalue weighted by Crippen LogP contribution is 2.33. The van der Waals surface area contributed by atoms with Gasteiger partial charge in [-0.05, 0) is 36.2 Å². The summed E-state index contributed by atoms with van der Waals surface area (Å²) in [7, 11) is 0. The van der Waals surface area contributed by atoms with E-state index in [1.807, 2.05) is 13.8 Å². The molecule has 158 valence electrons. The van der Waals surface area contributed by atoms with Crippen LogP contribution >= 0.6 is 0 Å². The number of nitrogens with one attached hydrogen (secondary N) is 2. The summed E-state index contributed by atoms with van der Waals surface area (Å²) < 4.78 is 46.6. The molecule has 0 atom stereocenters. The van der Waals surface area contributed by atoms with E-state index in [9.17, 15) is 18.0 Å². The quantitative estimate of drug-likeness (QED) is 0.756. The number of amidine groups is 1. The average molecular weight is 418 g/mol. The van der Waals surface area contributed by atoms with E-state index in [-0.39, 0.29) is 47.1 Å². The first-order chi connectivity index (χ1) is 14.4. The van der Waals surface area contributed by atoms with Crippen molar-refractivity contribution in [2.75, 3.05) is 6.54 Å². The first kappa shape index (κ1) is 22.7. The van der Waals surface area contributed by atoms with Gasteiger partial charge in [0, 0.05) is 12.0 Å². The van der Waals surface area contributed by atoms with Gasteiger partial charge in [0.1, 0.15) is 18.1 Å². The molecule has 2 aromatic rings. The van der Waals surface area contributed by atoms with Crippen molar-refractivity contribution in [3.8, 4) is 17.6 Å². The molecule has 2 N–H and O–H groups in total. The van der Waals surface area contributed by atoms with Gasteiger partial charge in [-0.25, -0.2) is 13.2 Å². The first-order valence-corrected chi connectivity index (χ1v) is 9.24. The van der Waals surface area contributed by atoms with Crippen molar-refractivity contribution in [2.24, 2.45) is 4.99 Å². The number of carbonyl (C=O) groups excluding carboxylic acids is 1. The van der Waals surface area contributed by atoms with E-state index in [2.05, 4.69) is 15.8 Å². The van der Waals surface area contributed by atoms with Crippen LogP contribution in [-0.4, -0.2) is 18.3 Å². The number of nitrogens with zero attached hydrogens (tertiary/aromatic N) is 2. The fourth-order valence-electron chi connectivity index (χ4n) is 2.61. The van der Waals surface area contributed by atoms with Gasteiger partial charge in [-0.15, -0.1) is 0 Å². The number of rotatable bonds is 5. The number of amides is 1. The van der Waals surface area contributed by atoms with E-state index in [4.69, 9.17) is 10.00 Å². The Bertz CT molecular complexity index is 1000. The lowest BCUT2D eigenvalue weighted by Gasteiger charge is -2.17. The average Bonchev–Trinajstić information content (AvgIpc) is 2.75. The maximum atomic E-state index is 15.0. The molecule has 30 heavy (non-hydrogen) atoms. The zero-order chi connectivity index (χ0) is 22.3. The van der Waals surface area contributed by atoms with Gasteiger partial charge in [0.2, 0.25) is 0 Å². The predicted molar refractivity (Wildman–Crippen MR) is 106 cm³/mol. The SMILES string of the molecule is CC.Cc1ccc(CC2=NCC(=O)NN2)c(F)c1Oc1cc(C#N)cc(C(F)F)c1. The van der Waals surface area contributed by atoms with Crippen molar-refractivity contribution in [3.63, 3.8) is 0 Å². The van der Waals surface area contributed by atoms with Crippen molar-refractivity contribution >= 4 is 11.7 Å². The van der Waals surface area contributed by atoms with E-state index in [1.54, 1.807) is 25.1 Å². The highest BCUT2D eigenvalue weighted by atomic mass is 19.3. The fourth-order valence-corrected chi connectivity index (χ4v) is 2.61. The molecule has 1 heterocycles. The number of benzene rings is 2. The molecule has 9 heteroatoms. The molecule has 0 aliphatic carbocycles. The Morgan fingerprint density at radius 1 is 1.23 bits per heavy atom. The van der Waals surface area contributed by atoms with Crippen molar-refractivity contribution in [1.29, 1.82) is 5.26 Å². The number of nitriles is 1. The number of alkyl halides is 2. The summed E-state index contributed by atoms with van der Waals surface area (Å²) in [6, 6.07) is 8.34. The molecule has 2 aromatic carbocycles. The van der Waals surface area contributed by atoms with Gasteiger partial charge in [-0.1, -0.05) is 26.0 Å². The zero-order valence-electron chi connectivity index (χ0n) is 16.7. The molecule has 1 amide bonds. The largest absolute Gasteiger partial charge is 0.454 e. The van der Waals surface area contributed by atoms with Crippen LogP contribution in [0.4, 0.5) is 13.2 Å². The van der Waals surface area contributed by atoms with Gasteiger partial charge in [0.15, 0.2) is 11.6 Å². The summed E-state index contributed by atoms with van der Waals surface area (Å²) in [6.07, 6.45) is -2.72. The minimum atomic E-state index is -2.79. The van der Waals surface area contributed by atoms with E-state index in [1.165, 1.54) is 6.07 Å². The smallest absolute Gasteiger partial charge is 0.264 e. The predicted octanol–water partition coefficient (Wildman–Crippen LogP) is 4.34. The van der Waals surface area contributed by atoms with E-state index in [0.717, 1.165) is 12.1 Å². The first-order valence-electron chi connectivity index (χ1n) is 9.24. The maximum Gasteiger partial charge on any atom is 0.264 e. The number of hydrogen-bond acceptors (Lipinski definition) is 5. The van der Waals surface area contributed by atoms with Crippen LogP contribution in [-0.2, 0) is 11.2 Å². The number of aliphatic imine (C=N–C) groups is 1. The minimum absolute atomic E-state index is 0.0153. The third-order valence-electron chi connectivity index (χ3n) is 4.02. The van der Waals surface area contributed by atoms with Crippen LogP contribution < -0.4 is 15.6 Å². The third kappa shape index (κ3) is 5.50. The van der Waals surface area contributed by atoms with Gasteiger partial charge >= 0.3 is 0 Å². The standard InChI is InChI=1S/C19H15F3N4O2.C2H6/c1-10-2-3-12(7-15-24-9-16(27)26-25-15)17(20)18(10)28-14-5-11(8-23)4-13(6-14)19(21)22;1-2/h2-6,19H,7,9H2,1H3,(H,24,25)(H,26,27);1-2H3. The Hall–Kier alpha value is -3.54. The maximum absolute atomic E-state index is 15.0. The number of ether oxygens (including phenoxy) is 1. The molecule has 0 unspecified atom stereocenters. The minimum Gasteiger partial charge on any atom is -0.454 e. The number of hydrazine groups is 1. The summed E-state index contributed by atoms with van der Waals surface area (Å²) in [5.74, 6) is -0.798. The number of carbonyl (C=O) groups is 1. The van der Waals surface area contributed by atoms with E-state index >= 15 is 0 Å². The lowest BCUT2D eigenvalue weighted by Crippen LogP contribution is -2.47. The highest BCUT2D eigenvalue weighted by molar-refractivity contribution is 5.92. The van der Waals surface area contributed by atoms with E-state index < -0.39 is 12.2 Å². The van der Waals surface area contributed by atoms with Crippen LogP contribution in [0.25, 0.3) is 0 Å². The Labute approximate surface area is 172 Å². The topological polar surface area (TPSA) is 86.5 Å². The Morgan fingerprint density at radius 2 is 1.97 bits per heavy atom. The summed E-state index contributed by atoms with van der Waals surface area (Å²) in [4.78, 5) is 15.1. The molecule has 1 aliphatic heterocycles. The summed E-state index contributed by atoms with van der Waals surface area (Å²) in [6.45, 7) is 5.55. The Morgan fingerprint density at radius 3 is 2.57 bits per heavy atom. The molecule has 0 spiro atoms. The monoisotopic (exact) mass is 418 g/mol. The highest BCUT2D eigenvalue weighted by Gasteiger charge is 2.18. The van der Waals surface area contributed by atoms with Crippen LogP contribution in [0.1, 0.15) is 42.5 Å². The molecular weight excluding hydrogens is 397 g/mol. The second-order valence-corrected chi connectivity index (χ2v) is 6.10. The number of halogens is 3. The molecule has 0 saturated carbocycles. The molecule has 6 nitrogen and oxygen atoms in total. The second kappa shape index (κ2) is 10.3. The number of hydrogen-bond donors (Lipinski definition) is 2. The molecule has 0 radical (unpaired) electrons. The normalized spacial score (nSPS) is 12.7. The van der Waals surface area contributed by atoms with Gasteiger partial charge in [-0.2, -0.15) is 5.26 Å². The Kier molecular flexibility index (Phi) is 7.81. The summed E-state index contributed by atoms with van der Waals surface area (Å²) in [5.41, 5.74) is 5.27. The van der Waals surface area contributed by atoms with Crippen LogP contribution in [0.2, 0.25) is 0 Å². The van der Waals surface area contributed by atoms with E-state index in [0.29, 0.717) is 11.4 Å². The van der Waals surface area contributed by atoms with Crippen LogP contribution in [0.15, 0.2) is 35.3 Å². The van der Waals surface area contributed by atoms with Crippen molar-refractivity contribution < 1.29 is 22.7 Å². The molecule has 3 rings (SSSR count). The molecule has 0 saturated heterocycles. The third-order valence-corrected chi connectivity index (χ3v) is 4.02. The second-order valence-electron chi connectivity index (χ2n) is 6.10. The van der Waals surface area contributed by atoms with Crippen molar-refractivity contribution in [2.45, 2.75) is 33.6 Å². The van der Waals surface area contributed by atoms with Crippen LogP contribution in [0, 0.1) is 24.1 Å². The van der Waals surface area contributed by atoms with Crippen LogP contribution in [0.3, 0.4) is 0 Å². The molecule has 1 aliphatic rings. The van der Waals surface area contributed by atoms with Gasteiger partial charge in [0.25, 0.3) is 12.3 Å². The molecular formula is C21H21F3N4O2. The van der Waals surface area contributed by atoms with Gasteiger partial charge < -0.3 is 4.74 Å². The fraction of sp³-hybridized carbons (Fsp3) is 0.286. The zero-order valence-corrected chi connectivity index (χ0v) is 16.7. The summed E-state index contributed by atoms with van der Waals surface area (Å²) in [5, 5.41) is 9.01. The Balaban J connectivity index is 0.00000155. The summed E-state index contributed by atoms with van der Waals surface area (Å²) >= 11 is 0. The van der Waals surface area contributed by atoms with Gasteiger partial charge in [-0.3, -0.25) is 20.6 Å².